The molecule has 1 aromatic carbocycles. The molecular weight excluding hydrogens is 365 g/mol. The maximum Gasteiger partial charge on any atom is 0.340 e. The predicted octanol–water partition coefficient (Wildman–Crippen LogP) is 1.80. The summed E-state index contributed by atoms with van der Waals surface area (Å²) < 4.78 is 27.8. The number of nitrogens with zero attached hydrogens (tertiary/aromatic N) is 1. The third kappa shape index (κ3) is 4.59. The SMILES string of the molecule is CN(C(=O)COC(=O)c1ccc(Cl)cc1Cl)[C@@H]1CCS(=O)(=O)C1. The number of hydrogen-bond acceptors (Lipinski definition) is 5. The Balaban J connectivity index is 1.92. The van der Waals surface area contributed by atoms with Gasteiger partial charge in [0.2, 0.25) is 0 Å². The monoisotopic (exact) mass is 379 g/mol. The molecule has 1 saturated heterocycles. The van der Waals surface area contributed by atoms with E-state index < -0.39 is 28.3 Å². The van der Waals surface area contributed by atoms with Crippen molar-refractivity contribution in [2.45, 2.75) is 12.5 Å². The predicted molar refractivity (Wildman–Crippen MR) is 86.6 cm³/mol. The van der Waals surface area contributed by atoms with E-state index in [1.165, 1.54) is 30.1 Å². The normalized spacial score (nSPS) is 19.3. The molecule has 1 amide bonds. The van der Waals surface area contributed by atoms with Crippen molar-refractivity contribution in [3.05, 3.63) is 33.8 Å². The highest BCUT2D eigenvalue weighted by Gasteiger charge is 2.33. The number of carbonyl (C=O) groups excluding carboxylic acids is 2. The number of likely N-dealkylation sites (N-methyl/N-ethyl adjacent to an activating group) is 1. The van der Waals surface area contributed by atoms with Gasteiger partial charge in [-0.2, -0.15) is 0 Å². The highest BCUT2D eigenvalue weighted by molar-refractivity contribution is 7.91. The standard InChI is InChI=1S/C14H15Cl2NO5S/c1-17(10-4-5-23(20,21)8-10)13(18)7-22-14(19)11-3-2-9(15)6-12(11)16/h2-3,6,10H,4-5,7-8H2,1H3/t10-/m1/s1. The number of rotatable bonds is 4. The van der Waals surface area contributed by atoms with Gasteiger partial charge in [-0.1, -0.05) is 23.2 Å². The first-order valence-corrected chi connectivity index (χ1v) is 9.35. The molecule has 1 aromatic rings. The topological polar surface area (TPSA) is 80.8 Å². The minimum Gasteiger partial charge on any atom is -0.452 e. The Bertz CT molecular complexity index is 735. The van der Waals surface area contributed by atoms with Gasteiger partial charge in [-0.3, -0.25) is 4.79 Å². The largest absolute Gasteiger partial charge is 0.452 e. The first kappa shape index (κ1) is 18.0. The zero-order valence-corrected chi connectivity index (χ0v) is 14.6. The Morgan fingerprint density at radius 2 is 2.04 bits per heavy atom. The van der Waals surface area contributed by atoms with E-state index >= 15 is 0 Å². The maximum atomic E-state index is 12.0. The quantitative estimate of drug-likeness (QED) is 0.744. The molecule has 0 N–H and O–H groups in total. The van der Waals surface area contributed by atoms with Crippen LogP contribution in [-0.4, -0.2) is 56.4 Å². The molecule has 2 rings (SSSR count). The highest BCUT2D eigenvalue weighted by Crippen LogP contribution is 2.22. The van der Waals surface area contributed by atoms with E-state index in [-0.39, 0.29) is 28.1 Å². The van der Waals surface area contributed by atoms with Gasteiger partial charge in [0.25, 0.3) is 5.91 Å². The van der Waals surface area contributed by atoms with Gasteiger partial charge in [0.05, 0.1) is 22.1 Å². The van der Waals surface area contributed by atoms with Crippen LogP contribution < -0.4 is 0 Å². The van der Waals surface area contributed by atoms with Gasteiger partial charge in [-0.25, -0.2) is 13.2 Å². The molecule has 0 unspecified atom stereocenters. The van der Waals surface area contributed by atoms with E-state index in [0.717, 1.165) is 0 Å². The molecule has 1 aliphatic heterocycles. The number of halogens is 2. The molecule has 1 fully saturated rings. The zero-order valence-electron chi connectivity index (χ0n) is 12.3. The van der Waals surface area contributed by atoms with Crippen molar-refractivity contribution in [3.8, 4) is 0 Å². The van der Waals surface area contributed by atoms with Crippen molar-refractivity contribution < 1.29 is 22.7 Å². The number of hydrogen-bond donors (Lipinski definition) is 0. The van der Waals surface area contributed by atoms with Gasteiger partial charge in [0.1, 0.15) is 0 Å². The van der Waals surface area contributed by atoms with Crippen LogP contribution in [0.25, 0.3) is 0 Å². The first-order valence-electron chi connectivity index (χ1n) is 6.78. The maximum absolute atomic E-state index is 12.0. The Morgan fingerprint density at radius 1 is 1.35 bits per heavy atom. The van der Waals surface area contributed by atoms with Crippen molar-refractivity contribution in [1.82, 2.24) is 4.90 Å². The van der Waals surface area contributed by atoms with Crippen molar-refractivity contribution >= 4 is 44.9 Å². The summed E-state index contributed by atoms with van der Waals surface area (Å²) in [6.07, 6.45) is 0.390. The average Bonchev–Trinajstić information content (AvgIpc) is 2.83. The molecule has 0 aromatic heterocycles. The lowest BCUT2D eigenvalue weighted by molar-refractivity contribution is -0.134. The lowest BCUT2D eigenvalue weighted by atomic mass is 10.2. The Kier molecular flexibility index (Phi) is 5.54. The second-order valence-electron chi connectivity index (χ2n) is 5.26. The van der Waals surface area contributed by atoms with Gasteiger partial charge < -0.3 is 9.64 Å². The van der Waals surface area contributed by atoms with Crippen LogP contribution in [0.2, 0.25) is 10.0 Å². The Hall–Kier alpha value is -1.31. The van der Waals surface area contributed by atoms with E-state index in [1.807, 2.05) is 0 Å². The number of carbonyl (C=O) groups is 2. The van der Waals surface area contributed by atoms with Crippen LogP contribution in [-0.2, 0) is 19.4 Å². The van der Waals surface area contributed by atoms with Crippen LogP contribution in [0.3, 0.4) is 0 Å². The third-order valence-electron chi connectivity index (χ3n) is 3.63. The van der Waals surface area contributed by atoms with Crippen molar-refractivity contribution in [3.63, 3.8) is 0 Å². The fraction of sp³-hybridized carbons (Fsp3) is 0.429. The summed E-state index contributed by atoms with van der Waals surface area (Å²) >= 11 is 11.6. The molecule has 9 heteroatoms. The molecular formula is C14H15Cl2NO5S. The summed E-state index contributed by atoms with van der Waals surface area (Å²) in [5.41, 5.74) is 0.106. The van der Waals surface area contributed by atoms with Crippen LogP contribution in [0.1, 0.15) is 16.8 Å². The van der Waals surface area contributed by atoms with Crippen molar-refractivity contribution in [1.29, 1.82) is 0 Å². The first-order chi connectivity index (χ1) is 10.7. The number of benzene rings is 1. The molecule has 126 valence electrons. The van der Waals surface area contributed by atoms with E-state index in [9.17, 15) is 18.0 Å². The van der Waals surface area contributed by atoms with Gasteiger partial charge in [0, 0.05) is 18.1 Å². The van der Waals surface area contributed by atoms with Crippen LogP contribution >= 0.6 is 23.2 Å². The molecule has 0 spiro atoms. The molecule has 1 aliphatic rings. The van der Waals surface area contributed by atoms with Gasteiger partial charge >= 0.3 is 5.97 Å². The molecule has 0 saturated carbocycles. The van der Waals surface area contributed by atoms with Crippen LogP contribution in [0, 0.1) is 0 Å². The fourth-order valence-electron chi connectivity index (χ4n) is 2.25. The summed E-state index contributed by atoms with van der Waals surface area (Å²) in [5, 5.41) is 0.509. The summed E-state index contributed by atoms with van der Waals surface area (Å²) in [6, 6.07) is 3.91. The lowest BCUT2D eigenvalue weighted by Crippen LogP contribution is -2.40. The van der Waals surface area contributed by atoms with Gasteiger partial charge in [-0.15, -0.1) is 0 Å². The zero-order chi connectivity index (χ0) is 17.2. The Labute approximate surface area is 144 Å². The van der Waals surface area contributed by atoms with Crippen LogP contribution in [0.4, 0.5) is 0 Å². The summed E-state index contributed by atoms with van der Waals surface area (Å²) in [5.74, 6) is -1.21. The smallest absolute Gasteiger partial charge is 0.340 e. The number of esters is 1. The number of sulfone groups is 1. The minimum absolute atomic E-state index is 0.0633. The van der Waals surface area contributed by atoms with Crippen LogP contribution in [0.5, 0.6) is 0 Å². The third-order valence-corrected chi connectivity index (χ3v) is 5.93. The average molecular weight is 380 g/mol. The fourth-order valence-corrected chi connectivity index (χ4v) is 4.51. The number of amides is 1. The molecule has 1 heterocycles. The summed E-state index contributed by atoms with van der Waals surface area (Å²) in [6.45, 7) is -0.481. The van der Waals surface area contributed by atoms with Gasteiger partial charge in [-0.05, 0) is 24.6 Å². The molecule has 0 aliphatic carbocycles. The molecule has 0 bridgehead atoms. The van der Waals surface area contributed by atoms with Gasteiger partial charge in [0.15, 0.2) is 16.4 Å². The molecule has 1 atom stereocenters. The van der Waals surface area contributed by atoms with Crippen LogP contribution in [0.15, 0.2) is 18.2 Å². The second-order valence-corrected chi connectivity index (χ2v) is 8.33. The highest BCUT2D eigenvalue weighted by atomic mass is 35.5. The summed E-state index contributed by atoms with van der Waals surface area (Å²) in [4.78, 5) is 25.2. The molecule has 6 nitrogen and oxygen atoms in total. The lowest BCUT2D eigenvalue weighted by Gasteiger charge is -2.23. The van der Waals surface area contributed by atoms with E-state index in [1.54, 1.807) is 0 Å². The van der Waals surface area contributed by atoms with Crippen molar-refractivity contribution in [2.24, 2.45) is 0 Å². The van der Waals surface area contributed by atoms with E-state index in [0.29, 0.717) is 11.4 Å². The van der Waals surface area contributed by atoms with E-state index in [2.05, 4.69) is 0 Å². The van der Waals surface area contributed by atoms with E-state index in [4.69, 9.17) is 27.9 Å². The number of ether oxygens (including phenoxy) is 1. The van der Waals surface area contributed by atoms with Crippen molar-refractivity contribution in [2.75, 3.05) is 25.2 Å². The molecule has 23 heavy (non-hydrogen) atoms. The Morgan fingerprint density at radius 3 is 2.61 bits per heavy atom. The second kappa shape index (κ2) is 7.07. The molecule has 0 radical (unpaired) electrons. The minimum atomic E-state index is -3.09. The summed E-state index contributed by atoms with van der Waals surface area (Å²) in [7, 11) is -1.59.